The van der Waals surface area contributed by atoms with E-state index in [1.165, 1.54) is 17.9 Å². The predicted octanol–water partition coefficient (Wildman–Crippen LogP) is 0.925. The number of fused-ring (bicyclic) bond motifs is 1. The van der Waals surface area contributed by atoms with E-state index in [9.17, 15) is 14.7 Å². The fourth-order valence-electron chi connectivity index (χ4n) is 2.04. The summed E-state index contributed by atoms with van der Waals surface area (Å²) in [5, 5.41) is 10.5. The van der Waals surface area contributed by atoms with E-state index in [1.807, 2.05) is 0 Å². The van der Waals surface area contributed by atoms with E-state index in [0.717, 1.165) is 0 Å². The molecule has 7 nitrogen and oxygen atoms in total. The Hall–Kier alpha value is -2.41. The highest BCUT2D eigenvalue weighted by Crippen LogP contribution is 2.25. The molecule has 2 aromatic heterocycles. The van der Waals surface area contributed by atoms with Gasteiger partial charge in [-0.1, -0.05) is 0 Å². The van der Waals surface area contributed by atoms with Gasteiger partial charge in [-0.05, 0) is 19.1 Å². The van der Waals surface area contributed by atoms with Crippen LogP contribution >= 0.6 is 0 Å². The molecule has 0 saturated carbocycles. The molecule has 1 N–H and O–H groups in total. The fraction of sp³-hybridized carbons (Fsp3) is 0.357. The molecule has 0 aliphatic carbocycles. The second-order valence-corrected chi connectivity index (χ2v) is 4.27. The summed E-state index contributed by atoms with van der Waals surface area (Å²) in [5.74, 6) is -1.26. The molecule has 0 amide bonds. The van der Waals surface area contributed by atoms with Crippen molar-refractivity contribution in [1.29, 1.82) is 0 Å². The van der Waals surface area contributed by atoms with E-state index in [1.54, 1.807) is 19.1 Å². The number of aromatic nitrogens is 2. The zero-order valence-corrected chi connectivity index (χ0v) is 11.8. The van der Waals surface area contributed by atoms with Crippen LogP contribution in [-0.4, -0.2) is 41.0 Å². The average molecular weight is 292 g/mol. The van der Waals surface area contributed by atoms with Crippen molar-refractivity contribution < 1.29 is 19.4 Å². The third-order valence-corrected chi connectivity index (χ3v) is 2.99. The zero-order chi connectivity index (χ0) is 15.4. The van der Waals surface area contributed by atoms with Crippen molar-refractivity contribution >= 4 is 17.0 Å². The Morgan fingerprint density at radius 3 is 2.90 bits per heavy atom. The number of ether oxygens (including phenoxy) is 2. The molecule has 0 aliphatic rings. The molecule has 0 radical (unpaired) electrons. The summed E-state index contributed by atoms with van der Waals surface area (Å²) in [6.45, 7) is 2.23. The quantitative estimate of drug-likeness (QED) is 0.824. The predicted molar refractivity (Wildman–Crippen MR) is 75.5 cm³/mol. The zero-order valence-electron chi connectivity index (χ0n) is 11.8. The van der Waals surface area contributed by atoms with Gasteiger partial charge in [0.25, 0.3) is 5.56 Å². The lowest BCUT2D eigenvalue weighted by atomic mass is 10.1. The summed E-state index contributed by atoms with van der Waals surface area (Å²) in [6.07, 6.45) is 1.51. The molecule has 0 saturated heterocycles. The lowest BCUT2D eigenvalue weighted by Crippen LogP contribution is -2.29. The van der Waals surface area contributed by atoms with E-state index in [-0.39, 0.29) is 25.3 Å². The number of carbonyl (C=O) groups is 1. The minimum atomic E-state index is -0.850. The van der Waals surface area contributed by atoms with Crippen molar-refractivity contribution in [3.63, 3.8) is 0 Å². The van der Waals surface area contributed by atoms with Crippen molar-refractivity contribution in [3.8, 4) is 5.75 Å². The molecule has 0 aromatic carbocycles. The number of esters is 1. The van der Waals surface area contributed by atoms with Crippen molar-refractivity contribution in [3.05, 3.63) is 34.2 Å². The fourth-order valence-corrected chi connectivity index (χ4v) is 2.04. The molecule has 2 aromatic rings. The summed E-state index contributed by atoms with van der Waals surface area (Å²) in [4.78, 5) is 28.4. The second kappa shape index (κ2) is 6.36. The molecule has 21 heavy (non-hydrogen) atoms. The summed E-state index contributed by atoms with van der Waals surface area (Å²) < 4.78 is 11.1. The van der Waals surface area contributed by atoms with Gasteiger partial charge >= 0.3 is 5.97 Å². The summed E-state index contributed by atoms with van der Waals surface area (Å²) in [5.41, 5.74) is -0.729. The number of nitrogens with zero attached hydrogens (tertiary/aromatic N) is 2. The minimum absolute atomic E-state index is 0.112. The summed E-state index contributed by atoms with van der Waals surface area (Å²) >= 11 is 0. The topological polar surface area (TPSA) is 90.7 Å². The molecule has 0 aliphatic heterocycles. The summed E-state index contributed by atoms with van der Waals surface area (Å²) in [7, 11) is 1.51. The Morgan fingerprint density at radius 1 is 1.48 bits per heavy atom. The highest BCUT2D eigenvalue weighted by molar-refractivity contribution is 5.98. The standard InChI is InChI=1S/C14H16N2O5/c1-3-21-14(19)10-11(17)9-5-4-6-15-12(9)16(13(10)18)7-8-20-2/h4-6,17H,3,7-8H2,1-2H3. The van der Waals surface area contributed by atoms with Crippen LogP contribution in [-0.2, 0) is 16.0 Å². The molecule has 7 heteroatoms. The van der Waals surface area contributed by atoms with Gasteiger partial charge in [0, 0.05) is 13.3 Å². The van der Waals surface area contributed by atoms with E-state index < -0.39 is 17.3 Å². The molecule has 0 bridgehead atoms. The highest BCUT2D eigenvalue weighted by Gasteiger charge is 2.23. The monoisotopic (exact) mass is 292 g/mol. The number of carbonyl (C=O) groups excluding carboxylic acids is 1. The number of methoxy groups -OCH3 is 1. The highest BCUT2D eigenvalue weighted by atomic mass is 16.5. The van der Waals surface area contributed by atoms with Gasteiger partial charge in [-0.25, -0.2) is 9.78 Å². The molecule has 2 heterocycles. The van der Waals surface area contributed by atoms with Gasteiger partial charge in [0.05, 0.1) is 25.1 Å². The largest absolute Gasteiger partial charge is 0.506 e. The Bertz CT molecular complexity index is 723. The van der Waals surface area contributed by atoms with Crippen LogP contribution in [0.3, 0.4) is 0 Å². The van der Waals surface area contributed by atoms with Gasteiger partial charge in [0.1, 0.15) is 11.4 Å². The molecule has 112 valence electrons. The first-order valence-electron chi connectivity index (χ1n) is 6.48. The molecular formula is C14H16N2O5. The Labute approximate surface area is 120 Å². The lowest BCUT2D eigenvalue weighted by Gasteiger charge is -2.13. The number of hydrogen-bond acceptors (Lipinski definition) is 6. The molecule has 2 rings (SSSR count). The average Bonchev–Trinajstić information content (AvgIpc) is 2.47. The van der Waals surface area contributed by atoms with Crippen LogP contribution in [0.2, 0.25) is 0 Å². The van der Waals surface area contributed by atoms with Crippen molar-refractivity contribution in [2.75, 3.05) is 20.3 Å². The molecule has 0 spiro atoms. The minimum Gasteiger partial charge on any atom is -0.506 e. The van der Waals surface area contributed by atoms with E-state index >= 15 is 0 Å². The normalized spacial score (nSPS) is 10.8. The van der Waals surface area contributed by atoms with Gasteiger partial charge in [-0.3, -0.25) is 9.36 Å². The Balaban J connectivity index is 2.74. The maximum Gasteiger partial charge on any atom is 0.347 e. The van der Waals surface area contributed by atoms with E-state index in [0.29, 0.717) is 11.0 Å². The molecular weight excluding hydrogens is 276 g/mol. The molecule has 0 unspecified atom stereocenters. The molecule has 0 atom stereocenters. The number of hydrogen-bond donors (Lipinski definition) is 1. The number of pyridine rings is 2. The van der Waals surface area contributed by atoms with Gasteiger partial charge in [-0.15, -0.1) is 0 Å². The van der Waals surface area contributed by atoms with Crippen molar-refractivity contribution in [2.45, 2.75) is 13.5 Å². The third-order valence-electron chi connectivity index (χ3n) is 2.99. The van der Waals surface area contributed by atoms with Gasteiger partial charge in [0.15, 0.2) is 5.56 Å². The maximum atomic E-state index is 12.4. The van der Waals surface area contributed by atoms with E-state index in [2.05, 4.69) is 4.98 Å². The van der Waals surface area contributed by atoms with Gasteiger partial charge in [-0.2, -0.15) is 0 Å². The van der Waals surface area contributed by atoms with Crippen molar-refractivity contribution in [2.24, 2.45) is 0 Å². The van der Waals surface area contributed by atoms with Crippen LogP contribution in [0.1, 0.15) is 17.3 Å². The van der Waals surface area contributed by atoms with Crippen LogP contribution in [0.4, 0.5) is 0 Å². The summed E-state index contributed by atoms with van der Waals surface area (Å²) in [6, 6.07) is 3.20. The number of aromatic hydroxyl groups is 1. The van der Waals surface area contributed by atoms with Crippen LogP contribution in [0, 0.1) is 0 Å². The molecule has 0 fully saturated rings. The van der Waals surface area contributed by atoms with Gasteiger partial charge < -0.3 is 14.6 Å². The Kier molecular flexibility index (Phi) is 4.54. The number of rotatable bonds is 5. The smallest absolute Gasteiger partial charge is 0.347 e. The van der Waals surface area contributed by atoms with Crippen LogP contribution in [0.25, 0.3) is 11.0 Å². The van der Waals surface area contributed by atoms with E-state index in [4.69, 9.17) is 9.47 Å². The van der Waals surface area contributed by atoms with Crippen LogP contribution in [0.15, 0.2) is 23.1 Å². The van der Waals surface area contributed by atoms with Crippen molar-refractivity contribution in [1.82, 2.24) is 9.55 Å². The van der Waals surface area contributed by atoms with Gasteiger partial charge in [0.2, 0.25) is 0 Å². The van der Waals surface area contributed by atoms with Crippen LogP contribution < -0.4 is 5.56 Å². The van der Waals surface area contributed by atoms with Crippen LogP contribution in [0.5, 0.6) is 5.75 Å². The first-order valence-corrected chi connectivity index (χ1v) is 6.48. The SMILES string of the molecule is CCOC(=O)c1c(O)c2cccnc2n(CCOC)c1=O. The maximum absolute atomic E-state index is 12.4. The first-order chi connectivity index (χ1) is 10.1. The third kappa shape index (κ3) is 2.73. The second-order valence-electron chi connectivity index (χ2n) is 4.27. The Morgan fingerprint density at radius 2 is 2.24 bits per heavy atom. The lowest BCUT2D eigenvalue weighted by molar-refractivity contribution is 0.0520. The first kappa shape index (κ1) is 15.0.